The van der Waals surface area contributed by atoms with E-state index in [2.05, 4.69) is 10.4 Å². The lowest BCUT2D eigenvalue weighted by molar-refractivity contribution is -0.137. The van der Waals surface area contributed by atoms with Crippen LogP contribution in [0.5, 0.6) is 0 Å². The monoisotopic (exact) mass is 305 g/mol. The van der Waals surface area contributed by atoms with Crippen molar-refractivity contribution >= 4 is 17.7 Å². The van der Waals surface area contributed by atoms with Crippen LogP contribution in [0.25, 0.3) is 5.69 Å². The van der Waals surface area contributed by atoms with E-state index < -0.39 is 0 Å². The van der Waals surface area contributed by atoms with Crippen LogP contribution in [0.15, 0.2) is 35.4 Å². The summed E-state index contributed by atoms with van der Waals surface area (Å²) in [7, 11) is 3.30. The van der Waals surface area contributed by atoms with Gasteiger partial charge in [0.1, 0.15) is 5.03 Å². The van der Waals surface area contributed by atoms with Crippen molar-refractivity contribution in [1.29, 1.82) is 0 Å². The van der Waals surface area contributed by atoms with Gasteiger partial charge in [0.25, 0.3) is 0 Å². The van der Waals surface area contributed by atoms with Crippen LogP contribution in [0.4, 0.5) is 0 Å². The summed E-state index contributed by atoms with van der Waals surface area (Å²) in [5.74, 6) is 0.0272. The molecule has 0 unspecified atom stereocenters. The Morgan fingerprint density at radius 1 is 1.38 bits per heavy atom. The molecule has 0 atom stereocenters. The number of thioether (sulfide) groups is 1. The Hall–Kier alpha value is -1.79. The van der Waals surface area contributed by atoms with Crippen molar-refractivity contribution < 1.29 is 9.53 Å². The van der Waals surface area contributed by atoms with E-state index in [-0.39, 0.29) is 11.7 Å². The molecule has 0 spiro atoms. The second-order valence-electron chi connectivity index (χ2n) is 4.51. The first-order valence-electron chi connectivity index (χ1n) is 6.65. The van der Waals surface area contributed by atoms with Crippen LogP contribution in [0.2, 0.25) is 0 Å². The lowest BCUT2D eigenvalue weighted by Gasteiger charge is -2.09. The van der Waals surface area contributed by atoms with Gasteiger partial charge in [-0.3, -0.25) is 4.79 Å². The molecule has 6 heteroatoms. The van der Waals surface area contributed by atoms with Gasteiger partial charge >= 0.3 is 5.97 Å². The van der Waals surface area contributed by atoms with E-state index in [1.165, 1.54) is 18.9 Å². The van der Waals surface area contributed by atoms with Gasteiger partial charge in [0.2, 0.25) is 0 Å². The van der Waals surface area contributed by atoms with Crippen molar-refractivity contribution in [2.24, 2.45) is 0 Å². The molecule has 1 N–H and O–H groups in total. The number of nitrogens with zero attached hydrogens (tertiary/aromatic N) is 2. The molecule has 2 rings (SSSR count). The summed E-state index contributed by atoms with van der Waals surface area (Å²) in [6, 6.07) is 9.91. The Morgan fingerprint density at radius 2 is 2.10 bits per heavy atom. The highest BCUT2D eigenvalue weighted by atomic mass is 32.2. The average Bonchev–Trinajstić information content (AvgIpc) is 2.83. The van der Waals surface area contributed by atoms with E-state index in [4.69, 9.17) is 4.74 Å². The molecular weight excluding hydrogens is 286 g/mol. The van der Waals surface area contributed by atoms with Crippen molar-refractivity contribution in [3.63, 3.8) is 0 Å². The predicted octanol–water partition coefficient (Wildman–Crippen LogP) is 2.17. The third-order valence-corrected chi connectivity index (χ3v) is 4.12. The summed E-state index contributed by atoms with van der Waals surface area (Å²) < 4.78 is 6.60. The number of benzene rings is 1. The summed E-state index contributed by atoms with van der Waals surface area (Å²) in [4.78, 5) is 11.4. The molecule has 0 fully saturated rings. The first-order valence-corrected chi connectivity index (χ1v) is 7.64. The molecule has 112 valence electrons. The fourth-order valence-corrected chi connectivity index (χ4v) is 3.03. The second-order valence-corrected chi connectivity index (χ2v) is 5.48. The van der Waals surface area contributed by atoms with Crippen LogP contribution in [0.1, 0.15) is 11.3 Å². The number of aromatic nitrogens is 2. The fourth-order valence-electron chi connectivity index (χ4n) is 2.00. The van der Waals surface area contributed by atoms with Crippen LogP contribution in [0, 0.1) is 6.92 Å². The van der Waals surface area contributed by atoms with Gasteiger partial charge < -0.3 is 10.1 Å². The normalized spacial score (nSPS) is 10.6. The molecule has 0 amide bonds. The van der Waals surface area contributed by atoms with E-state index in [9.17, 15) is 4.79 Å². The molecule has 0 bridgehead atoms. The molecule has 0 saturated heterocycles. The SMILES string of the molecule is CNCc1c(C)nn(-c2ccccc2)c1SCC(=O)OC. The van der Waals surface area contributed by atoms with Crippen molar-refractivity contribution in [2.75, 3.05) is 19.9 Å². The number of nitrogens with one attached hydrogen (secondary N) is 1. The van der Waals surface area contributed by atoms with Crippen molar-refractivity contribution in [1.82, 2.24) is 15.1 Å². The van der Waals surface area contributed by atoms with Crippen molar-refractivity contribution in [3.8, 4) is 5.69 Å². The topological polar surface area (TPSA) is 56.2 Å². The Labute approximate surface area is 128 Å². The number of methoxy groups -OCH3 is 1. The van der Waals surface area contributed by atoms with Crippen LogP contribution >= 0.6 is 11.8 Å². The molecule has 0 radical (unpaired) electrons. The van der Waals surface area contributed by atoms with Gasteiger partial charge in [0.15, 0.2) is 0 Å². The molecule has 0 aliphatic heterocycles. The second kappa shape index (κ2) is 7.28. The quantitative estimate of drug-likeness (QED) is 0.655. The minimum Gasteiger partial charge on any atom is -0.468 e. The maximum absolute atomic E-state index is 11.4. The maximum Gasteiger partial charge on any atom is 0.316 e. The zero-order valence-electron chi connectivity index (χ0n) is 12.4. The maximum atomic E-state index is 11.4. The molecular formula is C15H19N3O2S. The highest BCUT2D eigenvalue weighted by molar-refractivity contribution is 8.00. The molecule has 0 aliphatic carbocycles. The molecule has 1 aromatic carbocycles. The van der Waals surface area contributed by atoms with Crippen molar-refractivity contribution in [2.45, 2.75) is 18.5 Å². The summed E-state index contributed by atoms with van der Waals surface area (Å²) in [6.07, 6.45) is 0. The number of ether oxygens (including phenoxy) is 1. The van der Waals surface area contributed by atoms with E-state index >= 15 is 0 Å². The zero-order chi connectivity index (χ0) is 15.2. The average molecular weight is 305 g/mol. The smallest absolute Gasteiger partial charge is 0.316 e. The van der Waals surface area contributed by atoms with Gasteiger partial charge in [-0.15, -0.1) is 0 Å². The summed E-state index contributed by atoms with van der Waals surface area (Å²) in [6.45, 7) is 2.69. The van der Waals surface area contributed by atoms with Gasteiger partial charge in [0.05, 0.1) is 24.2 Å². The van der Waals surface area contributed by atoms with E-state index in [0.29, 0.717) is 6.54 Å². The summed E-state index contributed by atoms with van der Waals surface area (Å²) >= 11 is 1.45. The van der Waals surface area contributed by atoms with E-state index in [0.717, 1.165) is 22.0 Å². The minimum absolute atomic E-state index is 0.242. The molecule has 1 heterocycles. The Balaban J connectivity index is 2.39. The molecule has 21 heavy (non-hydrogen) atoms. The molecule has 2 aromatic rings. The lowest BCUT2D eigenvalue weighted by Crippen LogP contribution is -2.09. The Bertz CT molecular complexity index is 611. The van der Waals surface area contributed by atoms with Crippen LogP contribution in [0.3, 0.4) is 0 Å². The molecule has 5 nitrogen and oxygen atoms in total. The molecule has 0 aliphatic rings. The van der Waals surface area contributed by atoms with Crippen LogP contribution in [-0.2, 0) is 16.1 Å². The van der Waals surface area contributed by atoms with E-state index in [1.54, 1.807) is 0 Å². The van der Waals surface area contributed by atoms with Crippen LogP contribution < -0.4 is 5.32 Å². The van der Waals surface area contributed by atoms with Gasteiger partial charge in [-0.2, -0.15) is 5.10 Å². The number of hydrogen-bond acceptors (Lipinski definition) is 5. The first kappa shape index (κ1) is 15.6. The number of carbonyl (C=O) groups is 1. The van der Waals surface area contributed by atoms with Gasteiger partial charge in [0, 0.05) is 12.1 Å². The van der Waals surface area contributed by atoms with Gasteiger partial charge in [-0.25, -0.2) is 4.68 Å². The zero-order valence-corrected chi connectivity index (χ0v) is 13.2. The number of aryl methyl sites for hydroxylation is 1. The van der Waals surface area contributed by atoms with Crippen molar-refractivity contribution in [3.05, 3.63) is 41.6 Å². The third-order valence-electron chi connectivity index (χ3n) is 3.05. The predicted molar refractivity (Wildman–Crippen MR) is 83.8 cm³/mol. The van der Waals surface area contributed by atoms with Gasteiger partial charge in [-0.1, -0.05) is 30.0 Å². The molecule has 0 saturated carbocycles. The van der Waals surface area contributed by atoms with Gasteiger partial charge in [-0.05, 0) is 26.1 Å². The number of para-hydroxylation sites is 1. The first-order chi connectivity index (χ1) is 10.2. The van der Waals surface area contributed by atoms with Crippen LogP contribution in [-0.4, -0.2) is 35.7 Å². The number of carbonyl (C=O) groups excluding carboxylic acids is 1. The number of esters is 1. The summed E-state index contributed by atoms with van der Waals surface area (Å²) in [5.41, 5.74) is 3.05. The molecule has 1 aromatic heterocycles. The minimum atomic E-state index is -0.242. The Morgan fingerprint density at radius 3 is 2.71 bits per heavy atom. The highest BCUT2D eigenvalue weighted by Gasteiger charge is 2.17. The largest absolute Gasteiger partial charge is 0.468 e. The van der Waals surface area contributed by atoms with E-state index in [1.807, 2.05) is 49.0 Å². The fraction of sp³-hybridized carbons (Fsp3) is 0.333. The Kier molecular flexibility index (Phi) is 5.41. The lowest BCUT2D eigenvalue weighted by atomic mass is 10.2. The summed E-state index contributed by atoms with van der Waals surface area (Å²) in [5, 5.41) is 8.73. The number of rotatable bonds is 6. The third kappa shape index (κ3) is 3.65. The highest BCUT2D eigenvalue weighted by Crippen LogP contribution is 2.28. The standard InChI is InChI=1S/C15H19N3O2S/c1-11-13(9-16-2)15(21-10-14(19)20-3)18(17-11)12-7-5-4-6-8-12/h4-8,16H,9-10H2,1-3H3. The number of hydrogen-bond donors (Lipinski definition) is 1.